The highest BCUT2D eigenvalue weighted by atomic mass is 32.2. The minimum absolute atomic E-state index is 0.221. The fraction of sp³-hybridized carbons (Fsp3) is 0.462. The van der Waals surface area contributed by atoms with E-state index in [0.717, 1.165) is 48.4 Å². The highest BCUT2D eigenvalue weighted by molar-refractivity contribution is 7.98. The maximum Gasteiger partial charge on any atom is 0.410 e. The van der Waals surface area contributed by atoms with Crippen LogP contribution in [0.5, 0.6) is 0 Å². The van der Waals surface area contributed by atoms with E-state index < -0.39 is 5.60 Å². The second-order valence-corrected chi connectivity index (χ2v) is 11.0. The van der Waals surface area contributed by atoms with Crippen molar-refractivity contribution in [2.45, 2.75) is 50.5 Å². The van der Waals surface area contributed by atoms with Crippen LogP contribution in [-0.2, 0) is 10.5 Å². The fourth-order valence-electron chi connectivity index (χ4n) is 5.38. The Morgan fingerprint density at radius 2 is 2.00 bits per heavy atom. The van der Waals surface area contributed by atoms with E-state index >= 15 is 0 Å². The second-order valence-electron chi connectivity index (χ2n) is 9.91. The van der Waals surface area contributed by atoms with Gasteiger partial charge in [0.05, 0.1) is 0 Å². The average molecular weight is 451 g/mol. The number of aldehydes is 1. The van der Waals surface area contributed by atoms with Crippen LogP contribution < -0.4 is 4.90 Å². The van der Waals surface area contributed by atoms with Gasteiger partial charge in [0.1, 0.15) is 5.60 Å². The number of benzene rings is 2. The van der Waals surface area contributed by atoms with E-state index in [1.54, 1.807) is 0 Å². The maximum atomic E-state index is 12.8. The molecule has 5 rings (SSSR count). The minimum Gasteiger partial charge on any atom is -0.444 e. The molecule has 0 N–H and O–H groups in total. The van der Waals surface area contributed by atoms with Gasteiger partial charge in [-0.15, -0.1) is 0 Å². The predicted octanol–water partition coefficient (Wildman–Crippen LogP) is 5.33. The van der Waals surface area contributed by atoms with Crippen molar-refractivity contribution in [3.8, 4) is 11.1 Å². The second kappa shape index (κ2) is 8.14. The molecule has 1 amide bonds. The molecule has 0 unspecified atom stereocenters. The lowest BCUT2D eigenvalue weighted by atomic mass is 9.86. The largest absolute Gasteiger partial charge is 0.444 e. The highest BCUT2D eigenvalue weighted by Crippen LogP contribution is 2.50. The molecule has 0 spiro atoms. The van der Waals surface area contributed by atoms with E-state index in [1.807, 2.05) is 61.7 Å². The van der Waals surface area contributed by atoms with E-state index in [9.17, 15) is 9.59 Å². The van der Waals surface area contributed by atoms with Gasteiger partial charge in [0.2, 0.25) is 0 Å². The summed E-state index contributed by atoms with van der Waals surface area (Å²) in [6.45, 7) is 8.19. The smallest absolute Gasteiger partial charge is 0.410 e. The summed E-state index contributed by atoms with van der Waals surface area (Å²) in [7, 11) is 0. The van der Waals surface area contributed by atoms with Gasteiger partial charge in [-0.3, -0.25) is 4.79 Å². The Labute approximate surface area is 194 Å². The third-order valence-electron chi connectivity index (χ3n) is 6.67. The first-order valence-corrected chi connectivity index (χ1v) is 12.5. The zero-order chi connectivity index (χ0) is 22.5. The summed E-state index contributed by atoms with van der Waals surface area (Å²) in [5.74, 6) is 2.34. The van der Waals surface area contributed by atoms with Crippen LogP contribution in [0.2, 0.25) is 0 Å². The Hall–Kier alpha value is -2.47. The molecule has 0 aliphatic carbocycles. The molecule has 3 aliphatic heterocycles. The molecule has 6 heteroatoms. The molecular weight excluding hydrogens is 420 g/mol. The van der Waals surface area contributed by atoms with Crippen LogP contribution in [-0.4, -0.2) is 54.3 Å². The van der Waals surface area contributed by atoms with Crippen LogP contribution in [0.3, 0.4) is 0 Å². The Kier molecular flexibility index (Phi) is 5.44. The number of thioether (sulfide) groups is 1. The number of piperidine rings is 1. The molecule has 0 radical (unpaired) electrons. The van der Waals surface area contributed by atoms with Crippen molar-refractivity contribution >= 4 is 29.8 Å². The molecule has 1 fully saturated rings. The lowest BCUT2D eigenvalue weighted by Crippen LogP contribution is -2.49. The number of rotatable bonds is 2. The standard InChI is InChI=1S/C26H30N2O3S/c1-26(2,3)31-25(30)27-9-8-23-22(14-27)21-13-18(20-7-5-4-6-17(20)15-29)12-19-16-32-11-10-28(23)24(19)21/h4-7,12-13,15,22-23H,8-11,14,16H2,1-3H3/t22-,23-/m0/s1. The summed E-state index contributed by atoms with van der Waals surface area (Å²) in [4.78, 5) is 29.0. The molecule has 0 bridgehead atoms. The van der Waals surface area contributed by atoms with E-state index in [-0.39, 0.29) is 12.0 Å². The number of ether oxygens (including phenoxy) is 1. The molecule has 2 aromatic rings. The van der Waals surface area contributed by atoms with Gasteiger partial charge in [0.25, 0.3) is 0 Å². The number of fused-ring (bicyclic) bond motifs is 3. The van der Waals surface area contributed by atoms with Crippen LogP contribution >= 0.6 is 11.8 Å². The number of hydrogen-bond donors (Lipinski definition) is 0. The molecule has 3 heterocycles. The zero-order valence-electron chi connectivity index (χ0n) is 19.0. The topological polar surface area (TPSA) is 49.9 Å². The number of likely N-dealkylation sites (tertiary alicyclic amines) is 1. The molecule has 5 nitrogen and oxygen atoms in total. The number of carbonyl (C=O) groups excluding carboxylic acids is 2. The normalized spacial score (nSPS) is 22.1. The molecule has 0 saturated carbocycles. The van der Waals surface area contributed by atoms with Crippen molar-refractivity contribution < 1.29 is 14.3 Å². The number of anilines is 1. The van der Waals surface area contributed by atoms with Crippen LogP contribution in [0.4, 0.5) is 10.5 Å². The molecular formula is C26H30N2O3S. The van der Waals surface area contributed by atoms with Crippen LogP contribution in [0.15, 0.2) is 36.4 Å². The van der Waals surface area contributed by atoms with Gasteiger partial charge in [-0.25, -0.2) is 4.79 Å². The first-order chi connectivity index (χ1) is 15.4. The lowest BCUT2D eigenvalue weighted by Gasteiger charge is -2.39. The SMILES string of the molecule is CC(C)(C)OC(=O)N1CC[C@H]2[C@@H](C1)c1cc(-c3ccccc3C=O)cc3c1N2CCSC3. The Bertz CT molecular complexity index is 1060. The Morgan fingerprint density at radius 3 is 2.78 bits per heavy atom. The van der Waals surface area contributed by atoms with Crippen LogP contribution in [0.1, 0.15) is 54.6 Å². The van der Waals surface area contributed by atoms with Gasteiger partial charge in [-0.1, -0.05) is 24.3 Å². The Balaban J connectivity index is 1.56. The summed E-state index contributed by atoms with van der Waals surface area (Å²) in [5.41, 5.74) is 6.32. The molecule has 2 aromatic carbocycles. The van der Waals surface area contributed by atoms with Gasteiger partial charge < -0.3 is 14.5 Å². The van der Waals surface area contributed by atoms with Gasteiger partial charge in [-0.05, 0) is 61.6 Å². The minimum atomic E-state index is -0.496. The molecule has 0 aromatic heterocycles. The zero-order valence-corrected chi connectivity index (χ0v) is 19.8. The average Bonchev–Trinajstić information content (AvgIpc) is 2.92. The molecule has 1 saturated heterocycles. The summed E-state index contributed by atoms with van der Waals surface area (Å²) in [6.07, 6.45) is 1.67. The van der Waals surface area contributed by atoms with E-state index in [4.69, 9.17) is 4.74 Å². The van der Waals surface area contributed by atoms with Crippen molar-refractivity contribution in [3.63, 3.8) is 0 Å². The molecule has 2 atom stereocenters. The van der Waals surface area contributed by atoms with Crippen LogP contribution in [0.25, 0.3) is 11.1 Å². The van der Waals surface area contributed by atoms with Gasteiger partial charge in [0.15, 0.2) is 6.29 Å². The summed E-state index contributed by atoms with van der Waals surface area (Å²) in [5, 5.41) is 0. The van der Waals surface area contributed by atoms with Gasteiger partial charge in [-0.2, -0.15) is 11.8 Å². The van der Waals surface area contributed by atoms with E-state index in [0.29, 0.717) is 18.2 Å². The summed E-state index contributed by atoms with van der Waals surface area (Å²) >= 11 is 1.97. The monoisotopic (exact) mass is 450 g/mol. The first-order valence-electron chi connectivity index (χ1n) is 11.4. The molecule has 3 aliphatic rings. The lowest BCUT2D eigenvalue weighted by molar-refractivity contribution is 0.0189. The van der Waals surface area contributed by atoms with Crippen molar-refractivity contribution in [2.75, 3.05) is 30.3 Å². The third kappa shape index (κ3) is 3.79. The van der Waals surface area contributed by atoms with Crippen molar-refractivity contribution in [2.24, 2.45) is 0 Å². The third-order valence-corrected chi connectivity index (χ3v) is 7.65. The van der Waals surface area contributed by atoms with Crippen LogP contribution in [0, 0.1) is 0 Å². The maximum absolute atomic E-state index is 12.8. The molecule has 168 valence electrons. The quantitative estimate of drug-likeness (QED) is 0.579. The summed E-state index contributed by atoms with van der Waals surface area (Å²) in [6, 6.07) is 12.8. The fourth-order valence-corrected chi connectivity index (χ4v) is 6.29. The van der Waals surface area contributed by atoms with Crippen molar-refractivity contribution in [3.05, 3.63) is 53.1 Å². The van der Waals surface area contributed by atoms with E-state index in [2.05, 4.69) is 17.0 Å². The Morgan fingerprint density at radius 1 is 1.19 bits per heavy atom. The predicted molar refractivity (Wildman–Crippen MR) is 130 cm³/mol. The van der Waals surface area contributed by atoms with Gasteiger partial charge >= 0.3 is 6.09 Å². The number of carbonyl (C=O) groups is 2. The summed E-state index contributed by atoms with van der Waals surface area (Å²) < 4.78 is 5.68. The van der Waals surface area contributed by atoms with Gasteiger partial charge in [0, 0.05) is 54.4 Å². The van der Waals surface area contributed by atoms with E-state index in [1.165, 1.54) is 16.8 Å². The highest BCUT2D eigenvalue weighted by Gasteiger charge is 2.45. The number of nitrogens with zero attached hydrogens (tertiary/aromatic N) is 2. The molecule has 32 heavy (non-hydrogen) atoms. The number of hydrogen-bond acceptors (Lipinski definition) is 5. The van der Waals surface area contributed by atoms with Crippen molar-refractivity contribution in [1.29, 1.82) is 0 Å². The first kappa shape index (κ1) is 21.4. The number of amides is 1. The van der Waals surface area contributed by atoms with Crippen molar-refractivity contribution in [1.82, 2.24) is 4.90 Å².